The first-order chi connectivity index (χ1) is 10.1. The van der Waals surface area contributed by atoms with Crippen molar-refractivity contribution in [1.29, 1.82) is 0 Å². The molecule has 0 saturated carbocycles. The molecule has 0 spiro atoms. The number of thiophene rings is 1. The number of nitrogens with one attached hydrogen (secondary N) is 1. The average Bonchev–Trinajstić information content (AvgIpc) is 2.85. The lowest BCUT2D eigenvalue weighted by Crippen LogP contribution is -2.31. The molecule has 1 N–H and O–H groups in total. The number of hydrogen-bond acceptors (Lipinski definition) is 4. The molecule has 0 amide bonds. The molecule has 1 heterocycles. The number of rotatable bonds is 7. The lowest BCUT2D eigenvalue weighted by Gasteiger charge is -2.19. The van der Waals surface area contributed by atoms with E-state index in [0.717, 1.165) is 21.5 Å². The summed E-state index contributed by atoms with van der Waals surface area (Å²) in [5, 5.41) is 4.08. The molecule has 1 aromatic carbocycles. The Morgan fingerprint density at radius 3 is 2.43 bits per heavy atom. The minimum Gasteiger partial charge on any atom is -0.312 e. The zero-order valence-corrected chi connectivity index (χ0v) is 14.4. The lowest BCUT2D eigenvalue weighted by atomic mass is 10.2. The lowest BCUT2D eigenvalue weighted by molar-refractivity contribution is 0.445. The third kappa shape index (κ3) is 3.13. The van der Waals surface area contributed by atoms with Crippen LogP contribution in [0.1, 0.15) is 25.6 Å². The van der Waals surface area contributed by atoms with E-state index in [0.29, 0.717) is 24.5 Å². The van der Waals surface area contributed by atoms with Crippen molar-refractivity contribution in [3.63, 3.8) is 0 Å². The Hall–Kier alpha value is -0.950. The largest absolute Gasteiger partial charge is 0.312 e. The molecule has 2 aromatic rings. The maximum Gasteiger partial charge on any atom is 0.244 e. The van der Waals surface area contributed by atoms with E-state index < -0.39 is 10.0 Å². The van der Waals surface area contributed by atoms with E-state index in [1.54, 1.807) is 11.3 Å². The Morgan fingerprint density at radius 1 is 1.14 bits per heavy atom. The quantitative estimate of drug-likeness (QED) is 0.851. The summed E-state index contributed by atoms with van der Waals surface area (Å²) in [6.45, 7) is 8.16. The summed E-state index contributed by atoms with van der Waals surface area (Å²) in [4.78, 5) is 1.37. The van der Waals surface area contributed by atoms with Gasteiger partial charge in [0.25, 0.3) is 0 Å². The van der Waals surface area contributed by atoms with Gasteiger partial charge >= 0.3 is 0 Å². The molecule has 21 heavy (non-hydrogen) atoms. The predicted molar refractivity (Wildman–Crippen MR) is 89.3 cm³/mol. The Balaban J connectivity index is 2.64. The highest BCUT2D eigenvalue weighted by Gasteiger charge is 2.28. The second-order valence-electron chi connectivity index (χ2n) is 4.72. The zero-order valence-electron chi connectivity index (χ0n) is 12.7. The average molecular weight is 326 g/mol. The predicted octanol–water partition coefficient (Wildman–Crippen LogP) is 3.04. The molecule has 0 unspecified atom stereocenters. The normalized spacial score (nSPS) is 12.4. The first-order valence-corrected chi connectivity index (χ1v) is 9.53. The van der Waals surface area contributed by atoms with Gasteiger partial charge in [0.15, 0.2) is 0 Å². The van der Waals surface area contributed by atoms with E-state index in [4.69, 9.17) is 0 Å². The monoisotopic (exact) mass is 326 g/mol. The van der Waals surface area contributed by atoms with Gasteiger partial charge in [-0.2, -0.15) is 4.31 Å². The molecule has 0 aliphatic carbocycles. The van der Waals surface area contributed by atoms with Crippen molar-refractivity contribution in [1.82, 2.24) is 9.62 Å². The fourth-order valence-corrected chi connectivity index (χ4v) is 5.73. The van der Waals surface area contributed by atoms with Crippen LogP contribution in [0.25, 0.3) is 10.1 Å². The van der Waals surface area contributed by atoms with E-state index >= 15 is 0 Å². The molecule has 0 saturated heterocycles. The maximum absolute atomic E-state index is 13.0. The summed E-state index contributed by atoms with van der Waals surface area (Å²) < 4.78 is 28.5. The molecule has 1 aromatic heterocycles. The highest BCUT2D eigenvalue weighted by Crippen LogP contribution is 2.36. The van der Waals surface area contributed by atoms with Crippen molar-refractivity contribution in [3.8, 4) is 0 Å². The number of nitrogens with zero attached hydrogens (tertiary/aromatic N) is 1. The van der Waals surface area contributed by atoms with Gasteiger partial charge in [-0.3, -0.25) is 0 Å². The van der Waals surface area contributed by atoms with Crippen molar-refractivity contribution in [2.45, 2.75) is 32.2 Å². The minimum atomic E-state index is -3.44. The number of hydrogen-bond donors (Lipinski definition) is 1. The number of fused-ring (bicyclic) bond motifs is 1. The molecule has 0 radical (unpaired) electrons. The second kappa shape index (κ2) is 6.87. The fraction of sp³-hybridized carbons (Fsp3) is 0.467. The highest BCUT2D eigenvalue weighted by atomic mass is 32.2. The Morgan fingerprint density at radius 2 is 1.81 bits per heavy atom. The van der Waals surface area contributed by atoms with Gasteiger partial charge in [0.1, 0.15) is 4.90 Å². The van der Waals surface area contributed by atoms with E-state index in [-0.39, 0.29) is 0 Å². The summed E-state index contributed by atoms with van der Waals surface area (Å²) in [5.74, 6) is 0. The number of sulfonamides is 1. The highest BCUT2D eigenvalue weighted by molar-refractivity contribution is 7.89. The van der Waals surface area contributed by atoms with Gasteiger partial charge in [0.2, 0.25) is 10.0 Å². The van der Waals surface area contributed by atoms with Gasteiger partial charge in [-0.25, -0.2) is 8.42 Å². The van der Waals surface area contributed by atoms with Crippen LogP contribution < -0.4 is 5.32 Å². The van der Waals surface area contributed by atoms with E-state index in [1.807, 2.05) is 45.0 Å². The summed E-state index contributed by atoms with van der Waals surface area (Å²) in [5.41, 5.74) is 0. The molecular formula is C15H22N2O2S2. The van der Waals surface area contributed by atoms with Gasteiger partial charge < -0.3 is 5.32 Å². The van der Waals surface area contributed by atoms with Gasteiger partial charge in [-0.15, -0.1) is 11.3 Å². The summed E-state index contributed by atoms with van der Waals surface area (Å²) in [6, 6.07) is 7.73. The van der Waals surface area contributed by atoms with Crippen molar-refractivity contribution in [2.24, 2.45) is 0 Å². The van der Waals surface area contributed by atoms with E-state index in [2.05, 4.69) is 5.32 Å². The molecule has 116 valence electrons. The molecule has 4 nitrogen and oxygen atoms in total. The smallest absolute Gasteiger partial charge is 0.244 e. The van der Waals surface area contributed by atoms with Gasteiger partial charge in [0, 0.05) is 34.6 Å². The Bertz CT molecular complexity index is 704. The zero-order chi connectivity index (χ0) is 15.5. The maximum atomic E-state index is 13.0. The van der Waals surface area contributed by atoms with Crippen LogP contribution in [0.3, 0.4) is 0 Å². The third-order valence-corrected chi connectivity index (χ3v) is 6.94. The van der Waals surface area contributed by atoms with Crippen LogP contribution in [0, 0.1) is 0 Å². The third-order valence-electron chi connectivity index (χ3n) is 3.46. The summed E-state index contributed by atoms with van der Waals surface area (Å²) in [7, 11) is -3.44. The topological polar surface area (TPSA) is 49.4 Å². The molecule has 0 aliphatic rings. The molecule has 6 heteroatoms. The molecule has 0 aliphatic heterocycles. The van der Waals surface area contributed by atoms with Crippen LogP contribution in [0.4, 0.5) is 0 Å². The van der Waals surface area contributed by atoms with Gasteiger partial charge in [-0.1, -0.05) is 39.0 Å². The van der Waals surface area contributed by atoms with Crippen LogP contribution >= 0.6 is 11.3 Å². The van der Waals surface area contributed by atoms with Crippen LogP contribution in [0.5, 0.6) is 0 Å². The summed E-state index contributed by atoms with van der Waals surface area (Å²) in [6.07, 6.45) is 0. The molecule has 0 fully saturated rings. The second-order valence-corrected chi connectivity index (χ2v) is 7.73. The van der Waals surface area contributed by atoms with Crippen molar-refractivity contribution >= 4 is 31.4 Å². The first-order valence-electron chi connectivity index (χ1n) is 7.27. The van der Waals surface area contributed by atoms with Crippen LogP contribution in [0.2, 0.25) is 0 Å². The Kier molecular flexibility index (Phi) is 5.37. The SMILES string of the molecule is CCNCc1sc2ccccc2c1S(=O)(=O)N(CC)CC. The van der Waals surface area contributed by atoms with Crippen molar-refractivity contribution in [3.05, 3.63) is 29.1 Å². The Labute approximate surface area is 130 Å². The van der Waals surface area contributed by atoms with Crippen LogP contribution in [-0.4, -0.2) is 32.4 Å². The standard InChI is InChI=1S/C15H22N2O2S2/c1-4-16-11-14-15(21(18,19)17(5-2)6-3)12-9-7-8-10-13(12)20-14/h7-10,16H,4-6,11H2,1-3H3. The molecule has 2 rings (SSSR count). The molecular weight excluding hydrogens is 304 g/mol. The van der Waals surface area contributed by atoms with Crippen LogP contribution in [0.15, 0.2) is 29.2 Å². The van der Waals surface area contributed by atoms with E-state index in [1.165, 1.54) is 4.31 Å². The van der Waals surface area contributed by atoms with Crippen LogP contribution in [-0.2, 0) is 16.6 Å². The molecule has 0 atom stereocenters. The number of benzene rings is 1. The molecule has 0 bridgehead atoms. The van der Waals surface area contributed by atoms with Gasteiger partial charge in [0.05, 0.1) is 0 Å². The summed E-state index contributed by atoms with van der Waals surface area (Å²) >= 11 is 1.56. The van der Waals surface area contributed by atoms with E-state index in [9.17, 15) is 8.42 Å². The fourth-order valence-electron chi connectivity index (χ4n) is 2.40. The van der Waals surface area contributed by atoms with Gasteiger partial charge in [-0.05, 0) is 12.6 Å². The first kappa shape index (κ1) is 16.4. The van der Waals surface area contributed by atoms with Crippen molar-refractivity contribution in [2.75, 3.05) is 19.6 Å². The minimum absolute atomic E-state index is 0.479. The van der Waals surface area contributed by atoms with Crippen molar-refractivity contribution < 1.29 is 8.42 Å².